The minimum Gasteiger partial charge on any atom is -0.388 e. The summed E-state index contributed by atoms with van der Waals surface area (Å²) < 4.78 is 0. The molecule has 0 heterocycles. The molecule has 0 spiro atoms. The zero-order valence-electron chi connectivity index (χ0n) is 9.56. The molecule has 0 fully saturated rings. The van der Waals surface area contributed by atoms with Gasteiger partial charge in [0.25, 0.3) is 0 Å². The van der Waals surface area contributed by atoms with Gasteiger partial charge in [-0.3, -0.25) is 0 Å². The second kappa shape index (κ2) is 6.41. The van der Waals surface area contributed by atoms with E-state index in [1.807, 2.05) is 30.3 Å². The van der Waals surface area contributed by atoms with E-state index in [2.05, 4.69) is 26.0 Å². The maximum absolute atomic E-state index is 9.85. The van der Waals surface area contributed by atoms with Crippen LogP contribution in [0.5, 0.6) is 0 Å². The third-order valence-electron chi connectivity index (χ3n) is 2.31. The van der Waals surface area contributed by atoms with Crippen molar-refractivity contribution in [1.82, 2.24) is 0 Å². The molecule has 0 bridgehead atoms. The molecule has 0 aromatic heterocycles. The van der Waals surface area contributed by atoms with Crippen LogP contribution >= 0.6 is 0 Å². The lowest BCUT2D eigenvalue weighted by atomic mass is 10.0. The lowest BCUT2D eigenvalue weighted by molar-refractivity contribution is 0.168. The third-order valence-corrected chi connectivity index (χ3v) is 2.31. The Labute approximate surface area is 92.5 Å². The molecule has 1 aromatic rings. The zero-order valence-corrected chi connectivity index (χ0v) is 9.56. The molecule has 0 saturated heterocycles. The molecular weight excluding hydrogens is 184 g/mol. The van der Waals surface area contributed by atoms with E-state index in [9.17, 15) is 5.11 Å². The molecule has 1 atom stereocenters. The van der Waals surface area contributed by atoms with Crippen LogP contribution in [-0.2, 0) is 0 Å². The fraction of sp³-hybridized carbons (Fsp3) is 0.429. The Balaban J connectivity index is 2.34. The largest absolute Gasteiger partial charge is 0.388 e. The molecule has 1 rings (SSSR count). The second-order valence-electron chi connectivity index (χ2n) is 4.18. The Morgan fingerprint density at radius 1 is 1.20 bits per heavy atom. The smallest absolute Gasteiger partial charge is 0.0793 e. The van der Waals surface area contributed by atoms with Crippen LogP contribution in [-0.4, -0.2) is 5.11 Å². The molecule has 15 heavy (non-hydrogen) atoms. The highest BCUT2D eigenvalue weighted by Gasteiger charge is 2.04. The number of aliphatic hydroxyl groups is 1. The monoisotopic (exact) mass is 204 g/mol. The number of rotatable bonds is 5. The van der Waals surface area contributed by atoms with E-state index >= 15 is 0 Å². The van der Waals surface area contributed by atoms with Crippen molar-refractivity contribution in [2.24, 2.45) is 5.92 Å². The summed E-state index contributed by atoms with van der Waals surface area (Å²) in [6, 6.07) is 9.83. The van der Waals surface area contributed by atoms with Crippen LogP contribution in [0.4, 0.5) is 0 Å². The summed E-state index contributed by atoms with van der Waals surface area (Å²) in [6.45, 7) is 4.31. The van der Waals surface area contributed by atoms with E-state index in [1.165, 1.54) is 0 Å². The maximum Gasteiger partial charge on any atom is 0.0793 e. The minimum atomic E-state index is -0.331. The van der Waals surface area contributed by atoms with Crippen molar-refractivity contribution in [3.8, 4) is 0 Å². The number of hydrogen-bond donors (Lipinski definition) is 1. The van der Waals surface area contributed by atoms with Crippen molar-refractivity contribution >= 4 is 0 Å². The lowest BCUT2D eigenvalue weighted by Crippen LogP contribution is -1.95. The average molecular weight is 204 g/mol. The Morgan fingerprint density at radius 3 is 2.47 bits per heavy atom. The number of benzene rings is 1. The highest BCUT2D eigenvalue weighted by atomic mass is 16.3. The van der Waals surface area contributed by atoms with E-state index in [0.29, 0.717) is 5.92 Å². The molecule has 82 valence electrons. The van der Waals surface area contributed by atoms with E-state index in [1.54, 1.807) is 0 Å². The first kappa shape index (κ1) is 12.0. The van der Waals surface area contributed by atoms with E-state index in [4.69, 9.17) is 0 Å². The van der Waals surface area contributed by atoms with Gasteiger partial charge in [0.15, 0.2) is 0 Å². The first-order valence-electron chi connectivity index (χ1n) is 5.60. The van der Waals surface area contributed by atoms with Crippen LogP contribution in [0.3, 0.4) is 0 Å². The van der Waals surface area contributed by atoms with Crippen molar-refractivity contribution in [2.75, 3.05) is 0 Å². The van der Waals surface area contributed by atoms with Crippen LogP contribution < -0.4 is 0 Å². The molecule has 1 aromatic carbocycles. The Bertz CT molecular complexity index is 287. The molecule has 0 amide bonds. The SMILES string of the molecule is CC(C)/C=C/CCC(O)c1ccccc1. The van der Waals surface area contributed by atoms with Crippen molar-refractivity contribution in [2.45, 2.75) is 32.8 Å². The number of allylic oxidation sites excluding steroid dienone is 2. The van der Waals surface area contributed by atoms with Crippen LogP contribution in [0.2, 0.25) is 0 Å². The Morgan fingerprint density at radius 2 is 1.87 bits per heavy atom. The standard InChI is InChI=1S/C14H20O/c1-12(2)8-6-7-11-14(15)13-9-4-3-5-10-13/h3-6,8-10,12,14-15H,7,11H2,1-2H3/b8-6+. The lowest BCUT2D eigenvalue weighted by Gasteiger charge is -2.08. The van der Waals surface area contributed by atoms with E-state index < -0.39 is 0 Å². The third kappa shape index (κ3) is 4.80. The molecule has 1 unspecified atom stereocenters. The van der Waals surface area contributed by atoms with Gasteiger partial charge in [0, 0.05) is 0 Å². The van der Waals surface area contributed by atoms with Crippen LogP contribution in [0.15, 0.2) is 42.5 Å². The zero-order chi connectivity index (χ0) is 11.1. The van der Waals surface area contributed by atoms with Gasteiger partial charge < -0.3 is 5.11 Å². The normalized spacial score (nSPS) is 13.6. The molecule has 0 radical (unpaired) electrons. The predicted octanol–water partition coefficient (Wildman–Crippen LogP) is 3.71. The topological polar surface area (TPSA) is 20.2 Å². The number of hydrogen-bond acceptors (Lipinski definition) is 1. The fourth-order valence-corrected chi connectivity index (χ4v) is 1.46. The predicted molar refractivity (Wildman–Crippen MR) is 64.6 cm³/mol. The maximum atomic E-state index is 9.85. The summed E-state index contributed by atoms with van der Waals surface area (Å²) in [5.74, 6) is 0.596. The molecule has 1 nitrogen and oxygen atoms in total. The van der Waals surface area contributed by atoms with Crippen molar-refractivity contribution in [3.63, 3.8) is 0 Å². The van der Waals surface area contributed by atoms with Crippen LogP contribution in [0.25, 0.3) is 0 Å². The molecule has 0 saturated carbocycles. The average Bonchev–Trinajstić information content (AvgIpc) is 2.25. The van der Waals surface area contributed by atoms with Gasteiger partial charge in [-0.05, 0) is 24.3 Å². The van der Waals surface area contributed by atoms with Gasteiger partial charge in [-0.1, -0.05) is 56.3 Å². The first-order chi connectivity index (χ1) is 7.20. The van der Waals surface area contributed by atoms with Gasteiger partial charge in [0.1, 0.15) is 0 Å². The van der Waals surface area contributed by atoms with Crippen molar-refractivity contribution in [3.05, 3.63) is 48.0 Å². The minimum absolute atomic E-state index is 0.331. The van der Waals surface area contributed by atoms with E-state index in [0.717, 1.165) is 18.4 Å². The first-order valence-corrected chi connectivity index (χ1v) is 5.60. The summed E-state index contributed by atoms with van der Waals surface area (Å²) in [7, 11) is 0. The number of aliphatic hydroxyl groups excluding tert-OH is 1. The quantitative estimate of drug-likeness (QED) is 0.725. The van der Waals surface area contributed by atoms with E-state index in [-0.39, 0.29) is 6.10 Å². The molecule has 0 aliphatic carbocycles. The van der Waals surface area contributed by atoms with Crippen LogP contribution in [0, 0.1) is 5.92 Å². The summed E-state index contributed by atoms with van der Waals surface area (Å²) in [4.78, 5) is 0. The van der Waals surface area contributed by atoms with Gasteiger partial charge >= 0.3 is 0 Å². The highest BCUT2D eigenvalue weighted by Crippen LogP contribution is 2.17. The highest BCUT2D eigenvalue weighted by molar-refractivity contribution is 5.17. The summed E-state index contributed by atoms with van der Waals surface area (Å²) in [5.41, 5.74) is 1.01. The van der Waals surface area contributed by atoms with Gasteiger partial charge in [-0.25, -0.2) is 0 Å². The molecule has 0 aliphatic rings. The fourth-order valence-electron chi connectivity index (χ4n) is 1.46. The van der Waals surface area contributed by atoms with Gasteiger partial charge in [-0.2, -0.15) is 0 Å². The molecule has 1 N–H and O–H groups in total. The summed E-state index contributed by atoms with van der Waals surface area (Å²) in [5, 5.41) is 9.85. The van der Waals surface area contributed by atoms with Crippen LogP contribution in [0.1, 0.15) is 38.4 Å². The van der Waals surface area contributed by atoms with Gasteiger partial charge in [0.05, 0.1) is 6.10 Å². The second-order valence-corrected chi connectivity index (χ2v) is 4.18. The summed E-state index contributed by atoms with van der Waals surface area (Å²) in [6.07, 6.45) is 5.73. The van der Waals surface area contributed by atoms with Crippen molar-refractivity contribution in [1.29, 1.82) is 0 Å². The summed E-state index contributed by atoms with van der Waals surface area (Å²) >= 11 is 0. The Kier molecular flexibility index (Phi) is 5.13. The molecule has 1 heteroatoms. The molecular formula is C14H20O. The van der Waals surface area contributed by atoms with Gasteiger partial charge in [-0.15, -0.1) is 0 Å². The van der Waals surface area contributed by atoms with Gasteiger partial charge in [0.2, 0.25) is 0 Å². The Hall–Kier alpha value is -1.08. The van der Waals surface area contributed by atoms with Crippen molar-refractivity contribution < 1.29 is 5.11 Å². The molecule has 0 aliphatic heterocycles.